The molecule has 2 atom stereocenters. The van der Waals surface area contributed by atoms with Gasteiger partial charge in [-0.15, -0.1) is 0 Å². The van der Waals surface area contributed by atoms with E-state index < -0.39 is 0 Å². The van der Waals surface area contributed by atoms with E-state index >= 15 is 0 Å². The number of piperidine rings is 1. The van der Waals surface area contributed by atoms with Gasteiger partial charge in [-0.2, -0.15) is 0 Å². The zero-order chi connectivity index (χ0) is 32.4. The molecule has 0 saturated carbocycles. The molecule has 238 valence electrons. The number of hydrogen-bond donors (Lipinski definition) is 2. The third-order valence-corrected chi connectivity index (χ3v) is 8.60. The predicted octanol–water partition coefficient (Wildman–Crippen LogP) is 5.01. The van der Waals surface area contributed by atoms with Gasteiger partial charge in [0.15, 0.2) is 11.5 Å². The third kappa shape index (κ3) is 5.95. The summed E-state index contributed by atoms with van der Waals surface area (Å²) in [6.07, 6.45) is 0.989. The summed E-state index contributed by atoms with van der Waals surface area (Å²) in [5.41, 5.74) is 3.59. The van der Waals surface area contributed by atoms with Crippen molar-refractivity contribution in [2.45, 2.75) is 18.9 Å². The number of amides is 2. The Balaban J connectivity index is 1.33. The van der Waals surface area contributed by atoms with Gasteiger partial charge in [0.1, 0.15) is 5.75 Å². The summed E-state index contributed by atoms with van der Waals surface area (Å²) in [4.78, 5) is 41.8. The van der Waals surface area contributed by atoms with E-state index in [1.54, 1.807) is 61.7 Å². The lowest BCUT2D eigenvalue weighted by Crippen LogP contribution is -2.47. The Bertz CT molecular complexity index is 1810. The normalized spacial score (nSPS) is 16.6. The molecule has 11 heteroatoms. The molecule has 1 fully saturated rings. The van der Waals surface area contributed by atoms with E-state index in [1.807, 2.05) is 22.8 Å². The number of carbonyl (C=O) groups is 2. The highest BCUT2D eigenvalue weighted by atomic mass is 16.5. The van der Waals surface area contributed by atoms with Crippen molar-refractivity contribution < 1.29 is 28.5 Å². The first-order chi connectivity index (χ1) is 22.3. The van der Waals surface area contributed by atoms with Gasteiger partial charge in [0, 0.05) is 66.3 Å². The zero-order valence-corrected chi connectivity index (χ0v) is 26.2. The molecule has 1 aromatic heterocycles. The minimum absolute atomic E-state index is 0.0237. The summed E-state index contributed by atoms with van der Waals surface area (Å²) >= 11 is 0. The fourth-order valence-electron chi connectivity index (χ4n) is 6.44. The highest BCUT2D eigenvalue weighted by molar-refractivity contribution is 6.09. The lowest BCUT2D eigenvalue weighted by Gasteiger charge is -2.44. The van der Waals surface area contributed by atoms with Gasteiger partial charge in [0.05, 0.1) is 39.8 Å². The van der Waals surface area contributed by atoms with Crippen LogP contribution < -0.4 is 40.0 Å². The summed E-state index contributed by atoms with van der Waals surface area (Å²) in [6.45, 7) is 2.02. The largest absolute Gasteiger partial charge is 0.497 e. The molecule has 1 saturated heterocycles. The molecule has 3 heterocycles. The lowest BCUT2D eigenvalue weighted by atomic mass is 9.83. The molecule has 6 rings (SSSR count). The second kappa shape index (κ2) is 12.9. The first kappa shape index (κ1) is 30.6. The van der Waals surface area contributed by atoms with Crippen LogP contribution in [0.2, 0.25) is 0 Å². The third-order valence-electron chi connectivity index (χ3n) is 8.60. The fraction of sp³-hybridized carbons (Fsp3) is 0.286. The number of methoxy groups -OCH3 is 4. The van der Waals surface area contributed by atoms with Crippen molar-refractivity contribution in [1.82, 2.24) is 4.57 Å². The molecule has 0 aliphatic carbocycles. The Morgan fingerprint density at radius 1 is 0.739 bits per heavy atom. The quantitative estimate of drug-likeness (QED) is 0.267. The van der Waals surface area contributed by atoms with E-state index in [2.05, 4.69) is 15.5 Å². The van der Waals surface area contributed by atoms with E-state index in [1.165, 1.54) is 21.3 Å². The van der Waals surface area contributed by atoms with Gasteiger partial charge in [-0.05, 0) is 60.9 Å². The Hall–Kier alpha value is -5.45. The summed E-state index contributed by atoms with van der Waals surface area (Å²) in [5, 5.41) is 5.96. The SMILES string of the molecule is COc1ccc(C(=O)Nc2cc(C(=O)Nc3cc(OC)c(OC)c(OC)c3)ccc2N2C[C@H]3C[C@@H](C2)c2cccc(=O)n2C3)cc1. The number of carbonyl (C=O) groups excluding carboxylic acids is 2. The second-order valence-electron chi connectivity index (χ2n) is 11.4. The number of fused-ring (bicyclic) bond motifs is 4. The van der Waals surface area contributed by atoms with Crippen molar-refractivity contribution in [3.63, 3.8) is 0 Å². The van der Waals surface area contributed by atoms with E-state index in [9.17, 15) is 14.4 Å². The Labute approximate surface area is 266 Å². The zero-order valence-electron chi connectivity index (χ0n) is 26.2. The maximum atomic E-state index is 13.6. The van der Waals surface area contributed by atoms with Crippen LogP contribution in [0.25, 0.3) is 0 Å². The van der Waals surface area contributed by atoms with Crippen LogP contribution in [0.1, 0.15) is 38.7 Å². The van der Waals surface area contributed by atoms with Crippen LogP contribution in [0, 0.1) is 5.92 Å². The number of nitrogens with one attached hydrogen (secondary N) is 2. The summed E-state index contributed by atoms with van der Waals surface area (Å²) < 4.78 is 23.4. The van der Waals surface area contributed by atoms with Gasteiger partial charge in [-0.25, -0.2) is 0 Å². The average molecular weight is 625 g/mol. The standard InChI is InChI=1S/C35H36N4O7/c1-43-26-11-8-22(9-12-26)34(41)37-27-15-23(35(42)36-25-16-30(44-2)33(46-4)31(17-25)45-3)10-13-29(27)38-18-21-14-24(20-38)28-6-5-7-32(40)39(28)19-21/h5-13,15-17,21,24H,14,18-20H2,1-4H3,(H,36,42)(H,37,41)/t21-,24+/m1/s1. The number of pyridine rings is 1. The molecular formula is C35H36N4O7. The van der Waals surface area contributed by atoms with Gasteiger partial charge >= 0.3 is 0 Å². The van der Waals surface area contributed by atoms with Crippen LogP contribution in [0.4, 0.5) is 17.1 Å². The number of benzene rings is 3. The first-order valence-electron chi connectivity index (χ1n) is 15.0. The molecule has 11 nitrogen and oxygen atoms in total. The molecule has 3 aromatic carbocycles. The van der Waals surface area contributed by atoms with E-state index in [0.717, 1.165) is 17.8 Å². The van der Waals surface area contributed by atoms with Crippen molar-refractivity contribution in [2.24, 2.45) is 5.92 Å². The van der Waals surface area contributed by atoms with Gasteiger partial charge in [-0.1, -0.05) is 6.07 Å². The minimum Gasteiger partial charge on any atom is -0.497 e. The van der Waals surface area contributed by atoms with Gasteiger partial charge in [0.2, 0.25) is 5.75 Å². The van der Waals surface area contributed by atoms with Crippen molar-refractivity contribution in [3.05, 3.63) is 100.0 Å². The number of nitrogens with zero attached hydrogens (tertiary/aromatic N) is 2. The van der Waals surface area contributed by atoms with Crippen LogP contribution in [0.15, 0.2) is 77.6 Å². The second-order valence-corrected chi connectivity index (χ2v) is 11.4. The number of anilines is 3. The van der Waals surface area contributed by atoms with Crippen LogP contribution >= 0.6 is 0 Å². The molecule has 2 amide bonds. The number of hydrogen-bond acceptors (Lipinski definition) is 8. The summed E-state index contributed by atoms with van der Waals surface area (Å²) in [7, 11) is 6.09. The number of aromatic nitrogens is 1. The topological polar surface area (TPSA) is 120 Å². The van der Waals surface area contributed by atoms with Crippen LogP contribution in [-0.4, -0.2) is 57.9 Å². The molecule has 2 N–H and O–H groups in total. The average Bonchev–Trinajstić information content (AvgIpc) is 3.08. The molecular weight excluding hydrogens is 588 g/mol. The fourth-order valence-corrected chi connectivity index (χ4v) is 6.44. The van der Waals surface area contributed by atoms with Crippen molar-refractivity contribution in [2.75, 3.05) is 57.1 Å². The smallest absolute Gasteiger partial charge is 0.255 e. The number of ether oxygens (including phenoxy) is 4. The number of rotatable bonds is 9. The minimum atomic E-state index is -0.385. The molecule has 2 aliphatic heterocycles. The van der Waals surface area contributed by atoms with Crippen LogP contribution in [0.3, 0.4) is 0 Å². The van der Waals surface area contributed by atoms with Crippen LogP contribution in [-0.2, 0) is 6.54 Å². The van der Waals surface area contributed by atoms with Gasteiger partial charge in [-0.3, -0.25) is 14.4 Å². The van der Waals surface area contributed by atoms with Crippen molar-refractivity contribution in [1.29, 1.82) is 0 Å². The monoisotopic (exact) mass is 624 g/mol. The Morgan fingerprint density at radius 3 is 2.11 bits per heavy atom. The molecule has 0 radical (unpaired) electrons. The summed E-state index contributed by atoms with van der Waals surface area (Å²) in [6, 6.07) is 20.9. The van der Waals surface area contributed by atoms with Gasteiger partial charge < -0.3 is 39.0 Å². The lowest BCUT2D eigenvalue weighted by molar-refractivity contribution is 0.101. The van der Waals surface area contributed by atoms with Crippen molar-refractivity contribution >= 4 is 28.9 Å². The van der Waals surface area contributed by atoms with E-state index in [0.29, 0.717) is 65.1 Å². The maximum Gasteiger partial charge on any atom is 0.255 e. The predicted molar refractivity (Wildman–Crippen MR) is 175 cm³/mol. The highest BCUT2D eigenvalue weighted by Gasteiger charge is 2.35. The maximum absolute atomic E-state index is 13.6. The first-order valence-corrected chi connectivity index (χ1v) is 15.0. The molecule has 0 unspecified atom stereocenters. The van der Waals surface area contributed by atoms with Crippen LogP contribution in [0.5, 0.6) is 23.0 Å². The molecule has 0 spiro atoms. The summed E-state index contributed by atoms with van der Waals surface area (Å²) in [5.74, 6) is 1.58. The van der Waals surface area contributed by atoms with E-state index in [4.69, 9.17) is 18.9 Å². The van der Waals surface area contributed by atoms with E-state index in [-0.39, 0.29) is 29.2 Å². The molecule has 2 aliphatic rings. The Kier molecular flexibility index (Phi) is 8.56. The van der Waals surface area contributed by atoms with Crippen molar-refractivity contribution in [3.8, 4) is 23.0 Å². The molecule has 46 heavy (non-hydrogen) atoms. The molecule has 2 bridgehead atoms. The highest BCUT2D eigenvalue weighted by Crippen LogP contribution is 2.41. The van der Waals surface area contributed by atoms with Gasteiger partial charge in [0.25, 0.3) is 17.4 Å². The Morgan fingerprint density at radius 2 is 1.43 bits per heavy atom. The molecule has 4 aromatic rings.